The summed E-state index contributed by atoms with van der Waals surface area (Å²) in [6.45, 7) is 0.664. The van der Waals surface area contributed by atoms with Gasteiger partial charge in [-0.2, -0.15) is 0 Å². The summed E-state index contributed by atoms with van der Waals surface area (Å²) in [5.74, 6) is -1.09. The van der Waals surface area contributed by atoms with Crippen LogP contribution in [0.5, 0.6) is 0 Å². The summed E-state index contributed by atoms with van der Waals surface area (Å²) >= 11 is 0.755. The van der Waals surface area contributed by atoms with Crippen molar-refractivity contribution in [2.24, 2.45) is 0 Å². The maximum absolute atomic E-state index is 13.8. The number of nitrogens with zero attached hydrogens (tertiary/aromatic N) is 2. The molecular weight excluding hydrogens is 383 g/mol. The van der Waals surface area contributed by atoms with Crippen LogP contribution in [-0.2, 0) is 9.59 Å². The molecule has 2 heterocycles. The van der Waals surface area contributed by atoms with Crippen molar-refractivity contribution in [1.82, 2.24) is 9.80 Å². The zero-order valence-electron chi connectivity index (χ0n) is 15.5. The first-order chi connectivity index (χ1) is 13.5. The second-order valence-corrected chi connectivity index (χ2v) is 7.85. The molecule has 2 aliphatic rings. The van der Waals surface area contributed by atoms with E-state index in [-0.39, 0.29) is 42.0 Å². The van der Waals surface area contributed by atoms with E-state index in [1.54, 1.807) is 17.0 Å². The molecule has 0 aromatic heterocycles. The fraction of sp³-hybridized carbons (Fsp3) is 0.450. The lowest BCUT2D eigenvalue weighted by atomic mass is 9.99. The smallest absolute Gasteiger partial charge is 0.293 e. The quantitative estimate of drug-likeness (QED) is 0.735. The highest BCUT2D eigenvalue weighted by Crippen LogP contribution is 2.33. The van der Waals surface area contributed by atoms with Gasteiger partial charge in [0.2, 0.25) is 5.91 Å². The first kappa shape index (κ1) is 20.5. The number of aliphatic hydroxyl groups is 1. The highest BCUT2D eigenvalue weighted by atomic mass is 32.2. The van der Waals surface area contributed by atoms with E-state index < -0.39 is 17.0 Å². The molecule has 28 heavy (non-hydrogen) atoms. The first-order valence-corrected chi connectivity index (χ1v) is 10.2. The summed E-state index contributed by atoms with van der Waals surface area (Å²) in [5.41, 5.74) is 0.240. The highest BCUT2D eigenvalue weighted by Gasteiger charge is 2.36. The number of carbonyl (C=O) groups excluding carboxylic acids is 3. The molecule has 150 valence electrons. The van der Waals surface area contributed by atoms with Gasteiger partial charge in [-0.1, -0.05) is 18.2 Å². The second kappa shape index (κ2) is 9.34. The van der Waals surface area contributed by atoms with Gasteiger partial charge in [-0.15, -0.1) is 0 Å². The number of hydrogen-bond acceptors (Lipinski definition) is 5. The van der Waals surface area contributed by atoms with E-state index in [4.69, 9.17) is 0 Å². The topological polar surface area (TPSA) is 77.9 Å². The molecule has 2 aliphatic heterocycles. The average molecular weight is 406 g/mol. The van der Waals surface area contributed by atoms with E-state index in [9.17, 15) is 23.9 Å². The third kappa shape index (κ3) is 4.62. The van der Waals surface area contributed by atoms with Gasteiger partial charge in [0.15, 0.2) is 0 Å². The lowest BCUT2D eigenvalue weighted by molar-refractivity contribution is -0.135. The highest BCUT2D eigenvalue weighted by molar-refractivity contribution is 8.18. The molecule has 0 saturated carbocycles. The van der Waals surface area contributed by atoms with Crippen molar-refractivity contribution in [1.29, 1.82) is 0 Å². The Morgan fingerprint density at radius 2 is 2.07 bits per heavy atom. The Balaban J connectivity index is 1.63. The molecule has 6 nitrogen and oxygen atoms in total. The van der Waals surface area contributed by atoms with Crippen LogP contribution in [0, 0.1) is 5.82 Å². The van der Waals surface area contributed by atoms with Crippen LogP contribution < -0.4 is 0 Å². The van der Waals surface area contributed by atoms with Gasteiger partial charge in [-0.25, -0.2) is 4.39 Å². The predicted molar refractivity (Wildman–Crippen MR) is 105 cm³/mol. The third-order valence-corrected chi connectivity index (χ3v) is 5.93. The van der Waals surface area contributed by atoms with E-state index in [2.05, 4.69) is 0 Å². The number of carbonyl (C=O) groups is 3. The molecule has 0 bridgehead atoms. The molecule has 3 amide bonds. The molecule has 1 N–H and O–H groups in total. The minimum absolute atomic E-state index is 0.000453. The number of thioether (sulfide) groups is 1. The van der Waals surface area contributed by atoms with E-state index >= 15 is 0 Å². The molecule has 2 fully saturated rings. The normalized spacial score (nSPS) is 21.6. The van der Waals surface area contributed by atoms with Crippen molar-refractivity contribution in [2.45, 2.75) is 38.1 Å². The van der Waals surface area contributed by atoms with Gasteiger partial charge in [0.05, 0.1) is 4.91 Å². The van der Waals surface area contributed by atoms with Gasteiger partial charge < -0.3 is 10.0 Å². The molecule has 1 aromatic carbocycles. The van der Waals surface area contributed by atoms with Crippen molar-refractivity contribution < 1.29 is 23.9 Å². The summed E-state index contributed by atoms with van der Waals surface area (Å²) in [6.07, 6.45) is 4.76. The number of rotatable bonds is 6. The number of hydrogen-bond donors (Lipinski definition) is 1. The number of piperidine rings is 1. The Bertz CT molecular complexity index is 796. The summed E-state index contributed by atoms with van der Waals surface area (Å²) in [5, 5.41) is 8.74. The van der Waals surface area contributed by atoms with Gasteiger partial charge in [-0.05, 0) is 49.6 Å². The maximum Gasteiger partial charge on any atom is 0.293 e. The fourth-order valence-electron chi connectivity index (χ4n) is 3.56. The van der Waals surface area contributed by atoms with E-state index in [0.29, 0.717) is 13.0 Å². The molecular formula is C20H23FN2O4S. The third-order valence-electron chi connectivity index (χ3n) is 5.02. The Hall–Kier alpha value is -2.19. The standard InChI is InChI=1S/C20H23FN2O4S/c21-16-7-2-1-5-14(16)13-17-19(26)23(20(27)28-17)11-8-18(25)22-10-4-3-6-15(22)9-12-24/h1-2,5,7,13,15,24H,3-4,6,8-12H2/b17-13-. The molecule has 1 unspecified atom stereocenters. The monoisotopic (exact) mass is 406 g/mol. The summed E-state index contributed by atoms with van der Waals surface area (Å²) in [4.78, 5) is 40.3. The van der Waals surface area contributed by atoms with Crippen LogP contribution in [0.4, 0.5) is 9.18 Å². The summed E-state index contributed by atoms with van der Waals surface area (Å²) < 4.78 is 13.8. The zero-order chi connectivity index (χ0) is 20.1. The largest absolute Gasteiger partial charge is 0.396 e. The molecule has 0 radical (unpaired) electrons. The number of amides is 3. The Kier molecular flexibility index (Phi) is 6.85. The fourth-order valence-corrected chi connectivity index (χ4v) is 4.41. The lowest BCUT2D eigenvalue weighted by Gasteiger charge is -2.36. The molecule has 2 saturated heterocycles. The van der Waals surface area contributed by atoms with E-state index in [0.717, 1.165) is 35.9 Å². The molecule has 8 heteroatoms. The lowest BCUT2D eigenvalue weighted by Crippen LogP contribution is -2.45. The Morgan fingerprint density at radius 3 is 2.82 bits per heavy atom. The minimum atomic E-state index is -0.503. The first-order valence-electron chi connectivity index (χ1n) is 9.41. The predicted octanol–water partition coefficient (Wildman–Crippen LogP) is 3.02. The number of halogens is 1. The van der Waals surface area contributed by atoms with Crippen molar-refractivity contribution in [2.75, 3.05) is 19.7 Å². The van der Waals surface area contributed by atoms with Crippen LogP contribution in [0.3, 0.4) is 0 Å². The number of likely N-dealkylation sites (tertiary alicyclic amines) is 1. The van der Waals surface area contributed by atoms with E-state index in [1.165, 1.54) is 18.2 Å². The molecule has 1 atom stereocenters. The Morgan fingerprint density at radius 1 is 1.29 bits per heavy atom. The van der Waals surface area contributed by atoms with Crippen LogP contribution >= 0.6 is 11.8 Å². The number of imide groups is 1. The Labute approximate surface area is 167 Å². The van der Waals surface area contributed by atoms with Crippen LogP contribution in [0.1, 0.15) is 37.7 Å². The average Bonchev–Trinajstić information content (AvgIpc) is 2.95. The van der Waals surface area contributed by atoms with Crippen molar-refractivity contribution in [3.8, 4) is 0 Å². The van der Waals surface area contributed by atoms with Gasteiger partial charge in [-0.3, -0.25) is 19.3 Å². The van der Waals surface area contributed by atoms with Gasteiger partial charge >= 0.3 is 0 Å². The van der Waals surface area contributed by atoms with Gasteiger partial charge in [0.25, 0.3) is 11.1 Å². The molecule has 0 spiro atoms. The van der Waals surface area contributed by atoms with Crippen molar-refractivity contribution in [3.05, 3.63) is 40.6 Å². The van der Waals surface area contributed by atoms with Crippen LogP contribution in [0.25, 0.3) is 6.08 Å². The second-order valence-electron chi connectivity index (χ2n) is 6.85. The summed E-state index contributed by atoms with van der Waals surface area (Å²) in [6, 6.07) is 6.04. The maximum atomic E-state index is 13.8. The number of aliphatic hydroxyl groups excluding tert-OH is 1. The molecule has 0 aliphatic carbocycles. The van der Waals surface area contributed by atoms with Crippen LogP contribution in [0.15, 0.2) is 29.2 Å². The zero-order valence-corrected chi connectivity index (χ0v) is 16.3. The number of benzene rings is 1. The molecule has 3 rings (SSSR count). The minimum Gasteiger partial charge on any atom is -0.396 e. The van der Waals surface area contributed by atoms with Crippen LogP contribution in [0.2, 0.25) is 0 Å². The van der Waals surface area contributed by atoms with Gasteiger partial charge in [0, 0.05) is 37.7 Å². The van der Waals surface area contributed by atoms with Crippen LogP contribution in [-0.4, -0.2) is 57.7 Å². The van der Waals surface area contributed by atoms with E-state index in [1.807, 2.05) is 0 Å². The molecule has 1 aromatic rings. The van der Waals surface area contributed by atoms with Gasteiger partial charge in [0.1, 0.15) is 5.82 Å². The van der Waals surface area contributed by atoms with Crippen molar-refractivity contribution in [3.63, 3.8) is 0 Å². The van der Waals surface area contributed by atoms with Crippen molar-refractivity contribution >= 4 is 34.9 Å². The summed E-state index contributed by atoms with van der Waals surface area (Å²) in [7, 11) is 0. The SMILES string of the molecule is O=C1S/C(=C\c2ccccc2F)C(=O)N1CCC(=O)N1CCCCC1CCO.